The van der Waals surface area contributed by atoms with Gasteiger partial charge in [-0.15, -0.1) is 0 Å². The molecule has 0 bridgehead atoms. The minimum Gasteiger partial charge on any atom is -0.374 e. The van der Waals surface area contributed by atoms with Crippen molar-refractivity contribution < 1.29 is 9.53 Å². The highest BCUT2D eigenvalue weighted by molar-refractivity contribution is 5.92. The molecule has 1 saturated heterocycles. The number of aromatic nitrogens is 3. The Morgan fingerprint density at radius 3 is 3.05 bits per heavy atom. The summed E-state index contributed by atoms with van der Waals surface area (Å²) >= 11 is 0. The third kappa shape index (κ3) is 3.11. The van der Waals surface area contributed by atoms with E-state index in [0.29, 0.717) is 25.4 Å². The average molecular weight is 286 g/mol. The highest BCUT2D eigenvalue weighted by Gasteiger charge is 2.26. The molecule has 1 atom stereocenters. The second kappa shape index (κ2) is 6.05. The fourth-order valence-corrected chi connectivity index (χ4v) is 2.55. The zero-order chi connectivity index (χ0) is 14.7. The molecular formula is C15H18N4O2. The van der Waals surface area contributed by atoms with Crippen molar-refractivity contribution in [3.05, 3.63) is 48.0 Å². The summed E-state index contributed by atoms with van der Waals surface area (Å²) < 4.78 is 7.37. The molecule has 2 aromatic heterocycles. The molecule has 0 saturated carbocycles. The maximum absolute atomic E-state index is 12.5. The van der Waals surface area contributed by atoms with Gasteiger partial charge in [-0.1, -0.05) is 6.07 Å². The lowest BCUT2D eigenvalue weighted by molar-refractivity contribution is -0.0212. The molecule has 3 heterocycles. The zero-order valence-corrected chi connectivity index (χ0v) is 12.0. The van der Waals surface area contributed by atoms with E-state index in [1.165, 1.54) is 0 Å². The van der Waals surface area contributed by atoms with Crippen LogP contribution in [0.3, 0.4) is 0 Å². The molecular weight excluding hydrogens is 268 g/mol. The monoisotopic (exact) mass is 286 g/mol. The van der Waals surface area contributed by atoms with Crippen molar-refractivity contribution in [3.8, 4) is 0 Å². The summed E-state index contributed by atoms with van der Waals surface area (Å²) in [7, 11) is 1.78. The maximum Gasteiger partial charge on any atom is 0.272 e. The molecule has 1 aliphatic rings. The number of amides is 1. The number of morpholine rings is 1. The minimum atomic E-state index is 0.00878. The summed E-state index contributed by atoms with van der Waals surface area (Å²) in [6.45, 7) is 1.78. The van der Waals surface area contributed by atoms with Crippen LogP contribution >= 0.6 is 0 Å². The first-order valence-corrected chi connectivity index (χ1v) is 7.02. The number of hydrogen-bond acceptors (Lipinski definition) is 4. The average Bonchev–Trinajstić information content (AvgIpc) is 2.94. The summed E-state index contributed by atoms with van der Waals surface area (Å²) in [4.78, 5) is 18.4. The van der Waals surface area contributed by atoms with E-state index in [1.54, 1.807) is 30.2 Å². The van der Waals surface area contributed by atoms with Crippen LogP contribution in [0.2, 0.25) is 0 Å². The summed E-state index contributed by atoms with van der Waals surface area (Å²) in [6.07, 6.45) is 6.01. The Morgan fingerprint density at radius 1 is 1.43 bits per heavy atom. The predicted octanol–water partition coefficient (Wildman–Crippen LogP) is 0.899. The molecule has 0 radical (unpaired) electrons. The third-order valence-electron chi connectivity index (χ3n) is 3.65. The molecule has 0 N–H and O–H groups in total. The second-order valence-electron chi connectivity index (χ2n) is 5.15. The Kier molecular flexibility index (Phi) is 3.96. The molecule has 0 aromatic carbocycles. The third-order valence-corrected chi connectivity index (χ3v) is 3.65. The molecule has 0 unspecified atom stereocenters. The topological polar surface area (TPSA) is 60.2 Å². The van der Waals surface area contributed by atoms with Crippen molar-refractivity contribution in [2.75, 3.05) is 19.7 Å². The molecule has 1 aliphatic heterocycles. The van der Waals surface area contributed by atoms with Gasteiger partial charge < -0.3 is 9.64 Å². The van der Waals surface area contributed by atoms with Crippen LogP contribution in [0.25, 0.3) is 0 Å². The van der Waals surface area contributed by atoms with Gasteiger partial charge in [-0.25, -0.2) is 0 Å². The van der Waals surface area contributed by atoms with Crippen molar-refractivity contribution in [2.24, 2.45) is 7.05 Å². The van der Waals surface area contributed by atoms with E-state index in [-0.39, 0.29) is 12.0 Å². The normalized spacial score (nSPS) is 18.7. The van der Waals surface area contributed by atoms with Gasteiger partial charge in [0.1, 0.15) is 5.69 Å². The van der Waals surface area contributed by atoms with E-state index in [4.69, 9.17) is 4.74 Å². The first-order chi connectivity index (χ1) is 10.2. The van der Waals surface area contributed by atoms with Gasteiger partial charge in [0.05, 0.1) is 12.7 Å². The Balaban J connectivity index is 1.66. The molecule has 3 rings (SSSR count). The van der Waals surface area contributed by atoms with Crippen LogP contribution in [-0.4, -0.2) is 51.4 Å². The van der Waals surface area contributed by atoms with Crippen molar-refractivity contribution in [1.29, 1.82) is 0 Å². The van der Waals surface area contributed by atoms with Crippen molar-refractivity contribution in [1.82, 2.24) is 19.7 Å². The molecule has 1 amide bonds. The van der Waals surface area contributed by atoms with Gasteiger partial charge in [0.25, 0.3) is 5.91 Å². The lowest BCUT2D eigenvalue weighted by Gasteiger charge is -2.33. The number of carbonyl (C=O) groups excluding carboxylic acids is 1. The number of pyridine rings is 1. The summed E-state index contributed by atoms with van der Waals surface area (Å²) in [5, 5.41) is 4.05. The van der Waals surface area contributed by atoms with E-state index in [2.05, 4.69) is 10.1 Å². The van der Waals surface area contributed by atoms with Crippen molar-refractivity contribution >= 4 is 5.91 Å². The zero-order valence-electron chi connectivity index (χ0n) is 12.0. The Labute approximate surface area is 123 Å². The van der Waals surface area contributed by atoms with Crippen molar-refractivity contribution in [2.45, 2.75) is 12.5 Å². The van der Waals surface area contributed by atoms with Crippen LogP contribution in [-0.2, 0) is 18.2 Å². The van der Waals surface area contributed by atoms with E-state index >= 15 is 0 Å². The summed E-state index contributed by atoms with van der Waals surface area (Å²) in [6, 6.07) is 5.68. The lowest BCUT2D eigenvalue weighted by Crippen LogP contribution is -2.46. The second-order valence-corrected chi connectivity index (χ2v) is 5.15. The van der Waals surface area contributed by atoms with Gasteiger partial charge >= 0.3 is 0 Å². The number of aryl methyl sites for hydroxylation is 1. The van der Waals surface area contributed by atoms with E-state index in [0.717, 1.165) is 12.0 Å². The van der Waals surface area contributed by atoms with Crippen LogP contribution in [0.1, 0.15) is 16.1 Å². The van der Waals surface area contributed by atoms with Crippen LogP contribution in [0.15, 0.2) is 36.8 Å². The van der Waals surface area contributed by atoms with Crippen LogP contribution < -0.4 is 0 Å². The number of hydrogen-bond donors (Lipinski definition) is 0. The van der Waals surface area contributed by atoms with Gasteiger partial charge in [-0.3, -0.25) is 14.5 Å². The smallest absolute Gasteiger partial charge is 0.272 e. The van der Waals surface area contributed by atoms with Gasteiger partial charge in [-0.05, 0) is 17.7 Å². The van der Waals surface area contributed by atoms with Gasteiger partial charge in [0.2, 0.25) is 0 Å². The maximum atomic E-state index is 12.5. The van der Waals surface area contributed by atoms with E-state index < -0.39 is 0 Å². The molecule has 1 fully saturated rings. The van der Waals surface area contributed by atoms with Gasteiger partial charge in [0, 0.05) is 45.1 Å². The lowest BCUT2D eigenvalue weighted by atomic mass is 10.1. The molecule has 110 valence electrons. The highest BCUT2D eigenvalue weighted by atomic mass is 16.5. The minimum absolute atomic E-state index is 0.00878. The predicted molar refractivity (Wildman–Crippen MR) is 76.8 cm³/mol. The molecule has 0 spiro atoms. The summed E-state index contributed by atoms with van der Waals surface area (Å²) in [5.41, 5.74) is 1.73. The Bertz CT molecular complexity index is 611. The fraction of sp³-hybridized carbons (Fsp3) is 0.400. The number of nitrogens with zero attached hydrogens (tertiary/aromatic N) is 4. The number of carbonyl (C=O) groups is 1. The van der Waals surface area contributed by atoms with Crippen LogP contribution in [0.5, 0.6) is 0 Å². The Hall–Kier alpha value is -2.21. The van der Waals surface area contributed by atoms with Gasteiger partial charge in [0.15, 0.2) is 0 Å². The molecule has 2 aromatic rings. The standard InChI is InChI=1S/C15H18N4O2/c1-18-14(4-6-17-18)15(20)19-7-8-21-13(11-19)9-12-3-2-5-16-10-12/h2-6,10,13H,7-9,11H2,1H3/t13-/m1/s1. The SMILES string of the molecule is Cn1nccc1C(=O)N1CCO[C@H](Cc2cccnc2)C1. The molecule has 6 heteroatoms. The van der Waals surface area contributed by atoms with Gasteiger partial charge in [-0.2, -0.15) is 5.10 Å². The van der Waals surface area contributed by atoms with Crippen LogP contribution in [0, 0.1) is 0 Å². The molecule has 0 aliphatic carbocycles. The van der Waals surface area contributed by atoms with E-state index in [9.17, 15) is 4.79 Å². The first kappa shape index (κ1) is 13.8. The summed E-state index contributed by atoms with van der Waals surface area (Å²) in [5.74, 6) is 0.00878. The van der Waals surface area contributed by atoms with Crippen LogP contribution in [0.4, 0.5) is 0 Å². The fourth-order valence-electron chi connectivity index (χ4n) is 2.55. The van der Waals surface area contributed by atoms with Crippen molar-refractivity contribution in [3.63, 3.8) is 0 Å². The quantitative estimate of drug-likeness (QED) is 0.841. The number of ether oxygens (including phenoxy) is 1. The Morgan fingerprint density at radius 2 is 2.33 bits per heavy atom. The molecule has 21 heavy (non-hydrogen) atoms. The molecule has 6 nitrogen and oxygen atoms in total. The largest absolute Gasteiger partial charge is 0.374 e. The number of rotatable bonds is 3. The highest BCUT2D eigenvalue weighted by Crippen LogP contribution is 2.13. The van der Waals surface area contributed by atoms with E-state index in [1.807, 2.05) is 23.2 Å². The first-order valence-electron chi connectivity index (χ1n) is 7.02.